The van der Waals surface area contributed by atoms with E-state index in [0.717, 1.165) is 28.5 Å². The van der Waals surface area contributed by atoms with Gasteiger partial charge in [-0.3, -0.25) is 0 Å². The molecular formula is C35H37O5. The largest absolute Gasteiger partial charge is 0.494 e. The predicted molar refractivity (Wildman–Crippen MR) is 158 cm³/mol. The molecule has 40 heavy (non-hydrogen) atoms. The van der Waals surface area contributed by atoms with Gasteiger partial charge in [-0.1, -0.05) is 94.3 Å². The SMILES string of the molecule is CCCCCCCCCCOc1ccc2[c]c(C(=O)Oc3ccc(C(=O)OCc4ccccc4)cc3)ccc2c1. The minimum atomic E-state index is -0.517. The van der Waals surface area contributed by atoms with Crippen LogP contribution in [0.15, 0.2) is 84.9 Å². The quantitative estimate of drug-likeness (QED) is 0.0862. The van der Waals surface area contributed by atoms with Gasteiger partial charge >= 0.3 is 11.9 Å². The van der Waals surface area contributed by atoms with Crippen LogP contribution in [0.3, 0.4) is 0 Å². The topological polar surface area (TPSA) is 61.8 Å². The molecular weight excluding hydrogens is 500 g/mol. The van der Waals surface area contributed by atoms with Gasteiger partial charge in [0.2, 0.25) is 0 Å². The van der Waals surface area contributed by atoms with Gasteiger partial charge in [-0.05, 0) is 65.2 Å². The lowest BCUT2D eigenvalue weighted by atomic mass is 10.1. The number of benzene rings is 4. The van der Waals surface area contributed by atoms with Gasteiger partial charge in [0.1, 0.15) is 18.1 Å². The molecule has 0 saturated carbocycles. The number of hydrogen-bond acceptors (Lipinski definition) is 5. The van der Waals surface area contributed by atoms with Crippen molar-refractivity contribution < 1.29 is 23.8 Å². The van der Waals surface area contributed by atoms with Crippen molar-refractivity contribution in [3.8, 4) is 11.5 Å². The average molecular weight is 538 g/mol. The first-order valence-corrected chi connectivity index (χ1v) is 14.2. The number of hydrogen-bond donors (Lipinski definition) is 0. The van der Waals surface area contributed by atoms with Crippen LogP contribution in [0.5, 0.6) is 11.5 Å². The second kappa shape index (κ2) is 15.5. The zero-order chi connectivity index (χ0) is 28.0. The van der Waals surface area contributed by atoms with E-state index in [1.165, 1.54) is 44.9 Å². The van der Waals surface area contributed by atoms with Crippen LogP contribution >= 0.6 is 0 Å². The number of rotatable bonds is 15. The molecule has 0 atom stereocenters. The zero-order valence-electron chi connectivity index (χ0n) is 23.2. The van der Waals surface area contributed by atoms with Crippen LogP contribution in [0, 0.1) is 6.07 Å². The molecule has 5 nitrogen and oxygen atoms in total. The van der Waals surface area contributed by atoms with Gasteiger partial charge in [0.15, 0.2) is 0 Å². The molecule has 0 aliphatic carbocycles. The van der Waals surface area contributed by atoms with E-state index in [-0.39, 0.29) is 6.61 Å². The van der Waals surface area contributed by atoms with Crippen LogP contribution in [-0.4, -0.2) is 18.5 Å². The smallest absolute Gasteiger partial charge is 0.344 e. The molecule has 0 N–H and O–H groups in total. The fourth-order valence-corrected chi connectivity index (χ4v) is 4.41. The highest BCUT2D eigenvalue weighted by molar-refractivity contribution is 5.96. The van der Waals surface area contributed by atoms with Crippen LogP contribution in [0.25, 0.3) is 10.8 Å². The number of ether oxygens (including phenoxy) is 3. The summed E-state index contributed by atoms with van der Waals surface area (Å²) < 4.78 is 16.8. The summed E-state index contributed by atoms with van der Waals surface area (Å²) in [5, 5.41) is 1.76. The fraction of sp³-hybridized carbons (Fsp3) is 0.314. The Morgan fingerprint density at radius 2 is 1.40 bits per heavy atom. The van der Waals surface area contributed by atoms with E-state index in [1.54, 1.807) is 30.3 Å². The molecule has 0 spiro atoms. The fourth-order valence-electron chi connectivity index (χ4n) is 4.41. The van der Waals surface area contributed by atoms with E-state index >= 15 is 0 Å². The molecule has 0 heterocycles. The van der Waals surface area contributed by atoms with Gasteiger partial charge in [0.05, 0.1) is 17.7 Å². The molecule has 0 fully saturated rings. The Labute approximate surface area is 237 Å². The van der Waals surface area contributed by atoms with Crippen LogP contribution in [-0.2, 0) is 11.3 Å². The third kappa shape index (κ3) is 8.98. The van der Waals surface area contributed by atoms with Crippen molar-refractivity contribution in [1.29, 1.82) is 0 Å². The summed E-state index contributed by atoms with van der Waals surface area (Å²) in [7, 11) is 0. The standard InChI is InChI=1S/C35H37O5/c1-2-3-4-5-6-7-8-12-23-38-33-22-19-29-24-31(16-15-30(29)25-33)35(37)40-32-20-17-28(18-21-32)34(36)39-26-27-13-10-9-11-14-27/h9-11,13-22,25H,2-8,12,23,26H2,1H3. The number of carbonyl (C=O) groups excluding carboxylic acids is 2. The number of fused-ring (bicyclic) bond motifs is 1. The van der Waals surface area contributed by atoms with Crippen molar-refractivity contribution in [1.82, 2.24) is 0 Å². The van der Waals surface area contributed by atoms with Crippen LogP contribution < -0.4 is 9.47 Å². The summed E-state index contributed by atoms with van der Waals surface area (Å²) >= 11 is 0. The van der Waals surface area contributed by atoms with Gasteiger partial charge in [-0.15, -0.1) is 0 Å². The second-order valence-electron chi connectivity index (χ2n) is 9.92. The van der Waals surface area contributed by atoms with E-state index in [0.29, 0.717) is 23.5 Å². The molecule has 0 bridgehead atoms. The summed E-state index contributed by atoms with van der Waals surface area (Å²) in [6.45, 7) is 3.15. The molecule has 207 valence electrons. The molecule has 4 rings (SSSR count). The molecule has 0 aromatic heterocycles. The molecule has 0 amide bonds. The van der Waals surface area contributed by atoms with E-state index in [4.69, 9.17) is 14.2 Å². The molecule has 0 aliphatic heterocycles. The van der Waals surface area contributed by atoms with Crippen molar-refractivity contribution in [2.45, 2.75) is 64.9 Å². The maximum Gasteiger partial charge on any atom is 0.344 e. The minimum absolute atomic E-state index is 0.196. The number of carbonyl (C=O) groups is 2. The monoisotopic (exact) mass is 537 g/mol. The minimum Gasteiger partial charge on any atom is -0.494 e. The molecule has 4 aromatic rings. The summed E-state index contributed by atoms with van der Waals surface area (Å²) in [5.41, 5.74) is 1.62. The van der Waals surface area contributed by atoms with Gasteiger partial charge in [0.25, 0.3) is 0 Å². The summed E-state index contributed by atoms with van der Waals surface area (Å²) in [6, 6.07) is 28.3. The van der Waals surface area contributed by atoms with Gasteiger partial charge < -0.3 is 14.2 Å². The van der Waals surface area contributed by atoms with E-state index < -0.39 is 11.9 Å². The summed E-state index contributed by atoms with van der Waals surface area (Å²) in [4.78, 5) is 25.1. The number of unbranched alkanes of at least 4 members (excludes halogenated alkanes) is 7. The Morgan fingerprint density at radius 3 is 2.15 bits per heavy atom. The van der Waals surface area contributed by atoms with E-state index in [1.807, 2.05) is 54.6 Å². The Kier molecular flexibility index (Phi) is 11.2. The van der Waals surface area contributed by atoms with Crippen molar-refractivity contribution >= 4 is 22.7 Å². The van der Waals surface area contributed by atoms with Crippen molar-refractivity contribution in [2.24, 2.45) is 0 Å². The zero-order valence-corrected chi connectivity index (χ0v) is 23.2. The molecule has 4 aromatic carbocycles. The van der Waals surface area contributed by atoms with Crippen molar-refractivity contribution in [3.05, 3.63) is 108 Å². The molecule has 0 aliphatic rings. The van der Waals surface area contributed by atoms with Gasteiger partial charge in [-0.2, -0.15) is 0 Å². The maximum absolute atomic E-state index is 12.7. The third-order valence-corrected chi connectivity index (χ3v) is 6.72. The highest BCUT2D eigenvalue weighted by atomic mass is 16.5. The highest BCUT2D eigenvalue weighted by Gasteiger charge is 2.12. The maximum atomic E-state index is 12.7. The van der Waals surface area contributed by atoms with Crippen molar-refractivity contribution in [3.63, 3.8) is 0 Å². The predicted octanol–water partition coefficient (Wildman–Crippen LogP) is 8.74. The Morgan fingerprint density at radius 1 is 0.700 bits per heavy atom. The Bertz CT molecular complexity index is 1360. The third-order valence-electron chi connectivity index (χ3n) is 6.72. The lowest BCUT2D eigenvalue weighted by molar-refractivity contribution is 0.0472. The van der Waals surface area contributed by atoms with E-state index in [9.17, 15) is 9.59 Å². The lowest BCUT2D eigenvalue weighted by Gasteiger charge is -2.09. The first kappa shape index (κ1) is 28.9. The summed E-state index contributed by atoms with van der Waals surface area (Å²) in [5.74, 6) is 0.200. The normalized spacial score (nSPS) is 10.8. The first-order chi connectivity index (χ1) is 19.6. The van der Waals surface area contributed by atoms with Crippen LogP contribution in [0.1, 0.15) is 84.6 Å². The van der Waals surface area contributed by atoms with Crippen molar-refractivity contribution in [2.75, 3.05) is 6.61 Å². The molecule has 0 saturated heterocycles. The number of esters is 2. The van der Waals surface area contributed by atoms with Crippen LogP contribution in [0.2, 0.25) is 0 Å². The highest BCUT2D eigenvalue weighted by Crippen LogP contribution is 2.23. The molecule has 0 unspecified atom stereocenters. The van der Waals surface area contributed by atoms with Gasteiger partial charge in [0, 0.05) is 6.07 Å². The molecule has 5 heteroatoms. The average Bonchev–Trinajstić information content (AvgIpc) is 2.99. The van der Waals surface area contributed by atoms with E-state index in [2.05, 4.69) is 13.0 Å². The second-order valence-corrected chi connectivity index (χ2v) is 9.92. The Balaban J connectivity index is 1.23. The summed E-state index contributed by atoms with van der Waals surface area (Å²) in [6.07, 6.45) is 10.1. The van der Waals surface area contributed by atoms with Crippen LogP contribution in [0.4, 0.5) is 0 Å². The lowest BCUT2D eigenvalue weighted by Crippen LogP contribution is -2.09. The van der Waals surface area contributed by atoms with Gasteiger partial charge in [-0.25, -0.2) is 9.59 Å². The molecule has 1 radical (unpaired) electrons. The first-order valence-electron chi connectivity index (χ1n) is 14.2. The Hall–Kier alpha value is -4.12.